The lowest BCUT2D eigenvalue weighted by Crippen LogP contribution is -2.15. The number of aryl methyl sites for hydroxylation is 2. The molecule has 1 heterocycles. The number of hydrogen-bond donors (Lipinski definition) is 1. The molecule has 6 nitrogen and oxygen atoms in total. The van der Waals surface area contributed by atoms with E-state index in [2.05, 4.69) is 10.5 Å². The minimum Gasteiger partial charge on any atom is -0.465 e. The molecule has 8 heteroatoms. The summed E-state index contributed by atoms with van der Waals surface area (Å²) in [6, 6.07) is 8.93. The number of hydrogen-bond acceptors (Lipinski definition) is 5. The first kappa shape index (κ1) is 19.6. The summed E-state index contributed by atoms with van der Waals surface area (Å²) in [4.78, 5) is 24.7. The molecular weight excluding hydrogens is 387 g/mol. The molecule has 1 amide bonds. The molecule has 0 atom stereocenters. The largest absolute Gasteiger partial charge is 0.465 e. The molecule has 28 heavy (non-hydrogen) atoms. The molecule has 0 unspecified atom stereocenters. The topological polar surface area (TPSA) is 81.4 Å². The summed E-state index contributed by atoms with van der Waals surface area (Å²) in [5.41, 5.74) is 1.43. The third-order valence-corrected chi connectivity index (χ3v) is 4.51. The van der Waals surface area contributed by atoms with E-state index in [4.69, 9.17) is 20.9 Å². The van der Waals surface area contributed by atoms with Crippen LogP contribution < -0.4 is 5.32 Å². The van der Waals surface area contributed by atoms with Crippen molar-refractivity contribution in [2.45, 2.75) is 13.8 Å². The van der Waals surface area contributed by atoms with Crippen molar-refractivity contribution in [1.29, 1.82) is 0 Å². The van der Waals surface area contributed by atoms with Gasteiger partial charge in [-0.1, -0.05) is 28.9 Å². The van der Waals surface area contributed by atoms with Gasteiger partial charge in [-0.05, 0) is 43.7 Å². The van der Waals surface area contributed by atoms with Crippen LogP contribution in [0.25, 0.3) is 11.3 Å². The Kier molecular flexibility index (Phi) is 5.46. The zero-order valence-electron chi connectivity index (χ0n) is 15.3. The van der Waals surface area contributed by atoms with E-state index in [1.807, 2.05) is 0 Å². The van der Waals surface area contributed by atoms with E-state index in [9.17, 15) is 14.0 Å². The van der Waals surface area contributed by atoms with Crippen LogP contribution in [-0.4, -0.2) is 24.1 Å². The fourth-order valence-electron chi connectivity index (χ4n) is 2.72. The molecule has 0 radical (unpaired) electrons. The molecule has 0 aliphatic rings. The minimum absolute atomic E-state index is 0.000115. The molecule has 0 saturated carbocycles. The Morgan fingerprint density at radius 1 is 1.21 bits per heavy atom. The highest BCUT2D eigenvalue weighted by atomic mass is 35.5. The van der Waals surface area contributed by atoms with Crippen molar-refractivity contribution in [3.63, 3.8) is 0 Å². The first-order valence-electron chi connectivity index (χ1n) is 8.24. The number of methoxy groups -OCH3 is 1. The third kappa shape index (κ3) is 3.61. The third-order valence-electron chi connectivity index (χ3n) is 4.20. The molecule has 0 aliphatic carbocycles. The van der Waals surface area contributed by atoms with Gasteiger partial charge in [0.15, 0.2) is 0 Å². The van der Waals surface area contributed by atoms with Crippen molar-refractivity contribution in [1.82, 2.24) is 5.16 Å². The molecule has 0 aliphatic heterocycles. The minimum atomic E-state index is -0.626. The lowest BCUT2D eigenvalue weighted by atomic mass is 10.0. The van der Waals surface area contributed by atoms with Gasteiger partial charge in [-0.15, -0.1) is 0 Å². The molecule has 3 aromatic rings. The first-order valence-corrected chi connectivity index (χ1v) is 8.62. The number of esters is 1. The Morgan fingerprint density at radius 2 is 1.96 bits per heavy atom. The highest BCUT2D eigenvalue weighted by molar-refractivity contribution is 6.33. The molecule has 1 aromatic heterocycles. The SMILES string of the molecule is COC(=O)c1ccc(C)c(NC(=O)c2c(-c3c(F)cccc3Cl)noc2C)c1. The van der Waals surface area contributed by atoms with Gasteiger partial charge in [-0.25, -0.2) is 9.18 Å². The van der Waals surface area contributed by atoms with Crippen LogP contribution in [-0.2, 0) is 4.74 Å². The molecule has 1 N–H and O–H groups in total. The predicted molar refractivity (Wildman–Crippen MR) is 102 cm³/mol. The molecular formula is C20H16ClFN2O4. The molecule has 3 rings (SSSR count). The summed E-state index contributed by atoms with van der Waals surface area (Å²) in [5, 5.41) is 6.63. The van der Waals surface area contributed by atoms with Gasteiger partial charge in [0.05, 0.1) is 23.3 Å². The number of aromatic nitrogens is 1. The molecule has 0 bridgehead atoms. The molecule has 0 fully saturated rings. The zero-order valence-corrected chi connectivity index (χ0v) is 16.1. The average molecular weight is 403 g/mol. The monoisotopic (exact) mass is 402 g/mol. The van der Waals surface area contributed by atoms with Crippen molar-refractivity contribution in [3.8, 4) is 11.3 Å². The number of rotatable bonds is 4. The van der Waals surface area contributed by atoms with Gasteiger partial charge in [0, 0.05) is 5.69 Å². The van der Waals surface area contributed by atoms with Crippen LogP contribution >= 0.6 is 11.6 Å². The van der Waals surface area contributed by atoms with E-state index in [1.165, 1.54) is 38.3 Å². The van der Waals surface area contributed by atoms with E-state index < -0.39 is 17.7 Å². The average Bonchev–Trinajstić information content (AvgIpc) is 3.04. The van der Waals surface area contributed by atoms with E-state index >= 15 is 0 Å². The maximum absolute atomic E-state index is 14.3. The van der Waals surface area contributed by atoms with Gasteiger partial charge in [-0.3, -0.25) is 4.79 Å². The molecule has 144 valence electrons. The van der Waals surface area contributed by atoms with Gasteiger partial charge in [-0.2, -0.15) is 0 Å². The number of carbonyl (C=O) groups is 2. The van der Waals surface area contributed by atoms with Crippen molar-refractivity contribution < 1.29 is 23.2 Å². The molecule has 0 spiro atoms. The van der Waals surface area contributed by atoms with E-state index in [0.717, 1.165) is 5.56 Å². The number of amides is 1. The van der Waals surface area contributed by atoms with E-state index in [1.54, 1.807) is 19.1 Å². The predicted octanol–water partition coefficient (Wildman–Crippen LogP) is 4.79. The van der Waals surface area contributed by atoms with Gasteiger partial charge >= 0.3 is 5.97 Å². The Balaban J connectivity index is 2.02. The molecule has 2 aromatic carbocycles. The summed E-state index contributed by atoms with van der Waals surface area (Å²) < 4.78 is 24.1. The summed E-state index contributed by atoms with van der Waals surface area (Å²) in [5.74, 6) is -1.53. The van der Waals surface area contributed by atoms with Crippen LogP contribution in [0.3, 0.4) is 0 Å². The highest BCUT2D eigenvalue weighted by Crippen LogP contribution is 2.34. The number of carbonyl (C=O) groups excluding carboxylic acids is 2. The van der Waals surface area contributed by atoms with Gasteiger partial charge in [0.1, 0.15) is 22.8 Å². The first-order chi connectivity index (χ1) is 13.3. The second kappa shape index (κ2) is 7.82. The summed E-state index contributed by atoms with van der Waals surface area (Å²) in [7, 11) is 1.27. The van der Waals surface area contributed by atoms with Crippen molar-refractivity contribution in [2.75, 3.05) is 12.4 Å². The Morgan fingerprint density at radius 3 is 2.64 bits per heavy atom. The second-order valence-corrected chi connectivity index (χ2v) is 6.44. The smallest absolute Gasteiger partial charge is 0.337 e. The Labute approximate surface area is 165 Å². The zero-order chi connectivity index (χ0) is 20.4. The summed E-state index contributed by atoms with van der Waals surface area (Å²) in [6.45, 7) is 3.31. The van der Waals surface area contributed by atoms with Crippen molar-refractivity contribution in [3.05, 3.63) is 69.7 Å². The van der Waals surface area contributed by atoms with Crippen LogP contribution in [0.4, 0.5) is 10.1 Å². The van der Waals surface area contributed by atoms with Crippen LogP contribution in [0.1, 0.15) is 32.0 Å². The Hall–Kier alpha value is -3.19. The summed E-state index contributed by atoms with van der Waals surface area (Å²) in [6.07, 6.45) is 0. The van der Waals surface area contributed by atoms with Crippen LogP contribution in [0, 0.1) is 19.7 Å². The standard InChI is InChI=1S/C20H16ClFN2O4/c1-10-7-8-12(20(26)27-3)9-15(10)23-19(25)16-11(2)28-24-18(16)17-13(21)5-4-6-14(17)22/h4-9H,1-3H3,(H,23,25). The lowest BCUT2D eigenvalue weighted by Gasteiger charge is -2.11. The van der Waals surface area contributed by atoms with Crippen molar-refractivity contribution >= 4 is 29.2 Å². The Bertz CT molecular complexity index is 1060. The number of nitrogens with one attached hydrogen (secondary N) is 1. The highest BCUT2D eigenvalue weighted by Gasteiger charge is 2.26. The maximum Gasteiger partial charge on any atom is 0.337 e. The van der Waals surface area contributed by atoms with Crippen LogP contribution in [0.15, 0.2) is 40.9 Å². The van der Waals surface area contributed by atoms with E-state index in [-0.39, 0.29) is 33.2 Å². The fourth-order valence-corrected chi connectivity index (χ4v) is 2.97. The quantitative estimate of drug-likeness (QED) is 0.634. The number of nitrogens with zero attached hydrogens (tertiary/aromatic N) is 1. The van der Waals surface area contributed by atoms with Crippen LogP contribution in [0.2, 0.25) is 5.02 Å². The number of anilines is 1. The van der Waals surface area contributed by atoms with Crippen molar-refractivity contribution in [2.24, 2.45) is 0 Å². The fraction of sp³-hybridized carbons (Fsp3) is 0.150. The number of ether oxygens (including phenoxy) is 1. The lowest BCUT2D eigenvalue weighted by molar-refractivity contribution is 0.0600. The normalized spacial score (nSPS) is 10.6. The number of halogens is 2. The van der Waals surface area contributed by atoms with Gasteiger partial charge < -0.3 is 14.6 Å². The van der Waals surface area contributed by atoms with Crippen LogP contribution in [0.5, 0.6) is 0 Å². The van der Waals surface area contributed by atoms with Gasteiger partial charge in [0.2, 0.25) is 0 Å². The molecule has 0 saturated heterocycles. The van der Waals surface area contributed by atoms with Gasteiger partial charge in [0.25, 0.3) is 5.91 Å². The maximum atomic E-state index is 14.3. The summed E-state index contributed by atoms with van der Waals surface area (Å²) >= 11 is 6.10. The number of benzene rings is 2. The second-order valence-electron chi connectivity index (χ2n) is 6.03. The van der Waals surface area contributed by atoms with E-state index in [0.29, 0.717) is 5.69 Å².